The number of aromatic amines is 1. The van der Waals surface area contributed by atoms with Crippen molar-refractivity contribution < 1.29 is 19.1 Å². The molecule has 0 fully saturated rings. The lowest BCUT2D eigenvalue weighted by atomic mass is 10.1. The monoisotopic (exact) mass is 767 g/mol. The largest absolute Gasteiger partial charge is 0.393 e. The molecule has 0 aliphatic rings. The van der Waals surface area contributed by atoms with Crippen LogP contribution in [0.5, 0.6) is 0 Å². The van der Waals surface area contributed by atoms with Gasteiger partial charge in [0, 0.05) is 68.4 Å². The van der Waals surface area contributed by atoms with Gasteiger partial charge in [-0.1, -0.05) is 54.8 Å². The van der Waals surface area contributed by atoms with Crippen molar-refractivity contribution in [1.82, 2.24) is 41.1 Å². The lowest BCUT2D eigenvalue weighted by molar-refractivity contribution is -0.116. The van der Waals surface area contributed by atoms with Crippen LogP contribution in [0.4, 0.5) is 17.3 Å². The molecule has 2 heterocycles. The summed E-state index contributed by atoms with van der Waals surface area (Å²) in [6.45, 7) is 4.34. The van der Waals surface area contributed by atoms with E-state index in [9.17, 15) is 14.4 Å². The molecule has 0 spiro atoms. The molecule has 4 aromatic rings. The molecule has 18 heteroatoms. The molecular formula is C37H45N13O4S. The van der Waals surface area contributed by atoms with Crippen molar-refractivity contribution in [2.75, 3.05) is 68.3 Å². The van der Waals surface area contributed by atoms with Gasteiger partial charge in [-0.05, 0) is 41.8 Å². The number of amides is 3. The third-order valence-electron chi connectivity index (χ3n) is 7.35. The number of nitrogens with zero attached hydrogens (tertiary/aromatic N) is 5. The van der Waals surface area contributed by atoms with E-state index in [2.05, 4.69) is 77.0 Å². The summed E-state index contributed by atoms with van der Waals surface area (Å²) >= 11 is 1.52. The first kappa shape index (κ1) is 41.6. The van der Waals surface area contributed by atoms with Crippen LogP contribution in [0, 0.1) is 23.7 Å². The highest BCUT2D eigenvalue weighted by molar-refractivity contribution is 7.99. The Bertz CT molecular complexity index is 2020. The van der Waals surface area contributed by atoms with Gasteiger partial charge in [-0.25, -0.2) is 20.8 Å². The van der Waals surface area contributed by atoms with E-state index in [-0.39, 0.29) is 38.0 Å². The summed E-state index contributed by atoms with van der Waals surface area (Å²) < 4.78 is 5.47. The summed E-state index contributed by atoms with van der Waals surface area (Å²) in [6.07, 6.45) is 1.43. The van der Waals surface area contributed by atoms with Gasteiger partial charge < -0.3 is 37.5 Å². The van der Waals surface area contributed by atoms with Crippen LogP contribution in [0.25, 0.3) is 0 Å². The number of hydrogen-bond acceptors (Lipinski definition) is 14. The molecular weight excluding hydrogens is 723 g/mol. The first-order chi connectivity index (χ1) is 26.7. The zero-order valence-electron chi connectivity index (χ0n) is 30.7. The van der Waals surface area contributed by atoms with Crippen LogP contribution in [0.3, 0.4) is 0 Å². The van der Waals surface area contributed by atoms with Gasteiger partial charge in [-0.2, -0.15) is 0 Å². The maximum atomic E-state index is 12.2. The maximum absolute atomic E-state index is 12.2. The quantitative estimate of drug-likeness (QED) is 0.0172. The second-order valence-corrected chi connectivity index (χ2v) is 12.7. The molecule has 11 N–H and O–H groups in total. The lowest BCUT2D eigenvalue weighted by Crippen LogP contribution is -2.32. The molecule has 0 saturated heterocycles. The molecule has 55 heavy (non-hydrogen) atoms. The van der Waals surface area contributed by atoms with Crippen LogP contribution < -0.4 is 43.6 Å². The van der Waals surface area contributed by atoms with Crippen molar-refractivity contribution in [3.8, 4) is 23.7 Å². The number of thioether (sulfide) groups is 1. The molecule has 4 rings (SSSR count). The number of nitrogens with one attached hydrogen (secondary N) is 5. The highest BCUT2D eigenvalue weighted by Gasteiger charge is 2.17. The number of benzene rings is 2. The number of hydrazine groups is 1. The zero-order chi connectivity index (χ0) is 39.4. The number of nitrogen functional groups attached to an aromatic ring is 1. The third-order valence-corrected chi connectivity index (χ3v) is 8.40. The molecule has 2 aromatic heterocycles. The molecule has 0 radical (unpaired) electrons. The van der Waals surface area contributed by atoms with Crippen LogP contribution >= 0.6 is 11.8 Å². The Hall–Kier alpha value is -6.18. The number of carbonyl (C=O) groups is 3. The summed E-state index contributed by atoms with van der Waals surface area (Å²) in [7, 11) is 1.51. The summed E-state index contributed by atoms with van der Waals surface area (Å²) in [6, 6.07) is 14.6. The average Bonchev–Trinajstić information content (AvgIpc) is 3.67. The Balaban J connectivity index is 1.12. The second kappa shape index (κ2) is 22.1. The molecule has 2 aromatic carbocycles. The van der Waals surface area contributed by atoms with Crippen molar-refractivity contribution in [2.45, 2.75) is 31.5 Å². The third kappa shape index (κ3) is 14.0. The molecule has 17 nitrogen and oxygen atoms in total. The molecule has 0 bridgehead atoms. The smallest absolute Gasteiger partial charge is 0.296 e. The minimum absolute atomic E-state index is 0.0794. The average molecular weight is 768 g/mol. The molecule has 0 aliphatic heterocycles. The predicted molar refractivity (Wildman–Crippen MR) is 211 cm³/mol. The number of carbonyl (C=O) groups excluding carboxylic acids is 3. The van der Waals surface area contributed by atoms with Crippen molar-refractivity contribution in [2.24, 2.45) is 11.6 Å². The second-order valence-electron chi connectivity index (χ2n) is 11.7. The van der Waals surface area contributed by atoms with Gasteiger partial charge >= 0.3 is 0 Å². The minimum Gasteiger partial charge on any atom is -0.393 e. The Labute approximate surface area is 323 Å². The fraction of sp³-hybridized carbons (Fsp3) is 0.324. The molecule has 0 atom stereocenters. The van der Waals surface area contributed by atoms with Gasteiger partial charge in [0.05, 0.1) is 19.8 Å². The Morgan fingerprint density at radius 3 is 2.09 bits per heavy atom. The van der Waals surface area contributed by atoms with Crippen LogP contribution in [-0.4, -0.2) is 95.1 Å². The van der Waals surface area contributed by atoms with Crippen molar-refractivity contribution in [3.05, 3.63) is 82.4 Å². The number of nitrogens with two attached hydrogens (primary N) is 3. The molecule has 0 saturated carbocycles. The topological polar surface area (TPSA) is 257 Å². The minimum atomic E-state index is -0.444. The fourth-order valence-electron chi connectivity index (χ4n) is 4.61. The number of hydrogen-bond donors (Lipinski definition) is 8. The summed E-state index contributed by atoms with van der Waals surface area (Å²) in [5.74, 6) is 18.3. The Morgan fingerprint density at radius 1 is 0.891 bits per heavy atom. The summed E-state index contributed by atoms with van der Waals surface area (Å²) in [4.78, 5) is 49.2. The fourth-order valence-corrected chi connectivity index (χ4v) is 5.31. The highest BCUT2D eigenvalue weighted by Crippen LogP contribution is 2.30. The maximum Gasteiger partial charge on any atom is 0.296 e. The number of anilines is 3. The van der Waals surface area contributed by atoms with Crippen LogP contribution in [0.1, 0.15) is 52.0 Å². The lowest BCUT2D eigenvalue weighted by Gasteiger charge is -2.21. The predicted octanol–water partition coefficient (Wildman–Crippen LogP) is 0.533. The van der Waals surface area contributed by atoms with E-state index in [1.54, 1.807) is 24.3 Å². The Kier molecular flexibility index (Phi) is 16.7. The number of ether oxygens (including phenoxy) is 1. The van der Waals surface area contributed by atoms with E-state index in [0.29, 0.717) is 65.5 Å². The van der Waals surface area contributed by atoms with Gasteiger partial charge in [0.25, 0.3) is 17.7 Å². The van der Waals surface area contributed by atoms with Crippen molar-refractivity contribution in [3.63, 3.8) is 0 Å². The van der Waals surface area contributed by atoms with E-state index < -0.39 is 11.8 Å². The van der Waals surface area contributed by atoms with Crippen LogP contribution in [-0.2, 0) is 27.3 Å². The normalized spacial score (nSPS) is 10.3. The van der Waals surface area contributed by atoms with E-state index in [1.807, 2.05) is 24.3 Å². The van der Waals surface area contributed by atoms with Gasteiger partial charge in [0.1, 0.15) is 11.5 Å². The standard InChI is InChI=1S/C37H45N13O4S/c1-3-22-55-37-46-33(44-17-16-38)32(39)35(47-37)50(40)24-28-10-6-26(7-11-28)13-15-31(52)43-19-21-54-20-18-42-30(51)14-12-25-4-8-27(9-5-25)23-29-45-34(49-48-29)36(53)41-2/h4-11H,3,16-24,38-40H2,1-2H3,(H,41,53)(H,42,51)(H,43,52)(H,44,46,47)(H,45,48,49). The highest BCUT2D eigenvalue weighted by atomic mass is 32.2. The van der Waals surface area contributed by atoms with E-state index in [4.69, 9.17) is 22.0 Å². The van der Waals surface area contributed by atoms with E-state index >= 15 is 0 Å². The molecule has 0 unspecified atom stereocenters. The van der Waals surface area contributed by atoms with Crippen LogP contribution in [0.2, 0.25) is 0 Å². The Morgan fingerprint density at radius 2 is 1.51 bits per heavy atom. The molecule has 3 amide bonds. The van der Waals surface area contributed by atoms with Crippen LogP contribution in [0.15, 0.2) is 53.7 Å². The molecule has 0 aliphatic carbocycles. The first-order valence-electron chi connectivity index (χ1n) is 17.4. The number of aromatic nitrogens is 5. The van der Waals surface area contributed by atoms with Gasteiger partial charge in [0.15, 0.2) is 16.8 Å². The van der Waals surface area contributed by atoms with E-state index in [0.717, 1.165) is 23.3 Å². The number of H-pyrrole nitrogens is 1. The first-order valence-corrected chi connectivity index (χ1v) is 18.4. The van der Waals surface area contributed by atoms with E-state index in [1.165, 1.54) is 23.8 Å². The van der Waals surface area contributed by atoms with Crippen molar-refractivity contribution >= 4 is 46.8 Å². The van der Waals surface area contributed by atoms with Crippen molar-refractivity contribution in [1.29, 1.82) is 0 Å². The summed E-state index contributed by atoms with van der Waals surface area (Å²) in [5, 5.41) is 19.6. The van der Waals surface area contributed by atoms with Gasteiger partial charge in [0.2, 0.25) is 5.82 Å². The number of rotatable bonds is 18. The zero-order valence-corrected chi connectivity index (χ0v) is 31.5. The molecule has 288 valence electrons. The van der Waals surface area contributed by atoms with Gasteiger partial charge in [-0.3, -0.25) is 24.5 Å². The van der Waals surface area contributed by atoms with Gasteiger partial charge in [-0.15, -0.1) is 5.10 Å². The SMILES string of the molecule is CCCSc1nc(NCCN)c(N)c(N(N)Cc2ccc(C#CC(=O)NCCOCCNC(=O)C#Cc3ccc(Cc4nc(C(=O)NC)n[nH]4)cc3)cc2)n1. The summed E-state index contributed by atoms with van der Waals surface area (Å²) in [5.41, 5.74) is 15.5.